The second-order valence-corrected chi connectivity index (χ2v) is 8.93. The molecule has 4 nitrogen and oxygen atoms in total. The van der Waals surface area contributed by atoms with Crippen molar-refractivity contribution in [2.24, 2.45) is 0 Å². The third kappa shape index (κ3) is 3.31. The molecule has 2 unspecified atom stereocenters. The van der Waals surface area contributed by atoms with Crippen LogP contribution in [0.2, 0.25) is 0 Å². The van der Waals surface area contributed by atoms with Gasteiger partial charge in [0.05, 0.1) is 5.75 Å². The number of nitrogens with zero attached hydrogens (tertiary/aromatic N) is 3. The Morgan fingerprint density at radius 2 is 1.88 bits per heavy atom. The van der Waals surface area contributed by atoms with Crippen molar-refractivity contribution in [3.63, 3.8) is 0 Å². The summed E-state index contributed by atoms with van der Waals surface area (Å²) in [6.07, 6.45) is 3.44. The van der Waals surface area contributed by atoms with E-state index >= 15 is 0 Å². The summed E-state index contributed by atoms with van der Waals surface area (Å²) in [5.74, 6) is 1.46. The molecule has 24 heavy (non-hydrogen) atoms. The minimum absolute atomic E-state index is 0.230. The highest BCUT2D eigenvalue weighted by Gasteiger charge is 2.29. The normalized spacial score (nSPS) is 21.5. The molecular formula is C18H25N3OS2. The van der Waals surface area contributed by atoms with Gasteiger partial charge in [-0.3, -0.25) is 4.79 Å². The SMILES string of the molecule is Cc1nc(SCC(=O)N2C(C)CCCC2C)c2c(C)c(C)sc2n1. The van der Waals surface area contributed by atoms with Crippen LogP contribution in [0, 0.1) is 20.8 Å². The molecule has 0 spiro atoms. The maximum atomic E-state index is 12.8. The smallest absolute Gasteiger partial charge is 0.233 e. The van der Waals surface area contributed by atoms with Crippen molar-refractivity contribution in [3.8, 4) is 0 Å². The fourth-order valence-electron chi connectivity index (χ4n) is 3.54. The molecule has 1 amide bonds. The average molecular weight is 364 g/mol. The Bertz CT molecular complexity index is 761. The number of hydrogen-bond acceptors (Lipinski definition) is 5. The van der Waals surface area contributed by atoms with Gasteiger partial charge in [0, 0.05) is 22.3 Å². The van der Waals surface area contributed by atoms with E-state index in [1.807, 2.05) is 6.92 Å². The van der Waals surface area contributed by atoms with E-state index in [9.17, 15) is 4.79 Å². The van der Waals surface area contributed by atoms with Crippen LogP contribution in [-0.4, -0.2) is 38.6 Å². The number of piperidine rings is 1. The largest absolute Gasteiger partial charge is 0.337 e. The number of likely N-dealkylation sites (tertiary alicyclic amines) is 1. The summed E-state index contributed by atoms with van der Waals surface area (Å²) in [4.78, 5) is 26.3. The highest BCUT2D eigenvalue weighted by molar-refractivity contribution is 8.00. The van der Waals surface area contributed by atoms with Crippen LogP contribution in [0.4, 0.5) is 0 Å². The number of hydrogen-bond donors (Lipinski definition) is 0. The molecule has 1 fully saturated rings. The molecule has 6 heteroatoms. The van der Waals surface area contributed by atoms with Crippen molar-refractivity contribution < 1.29 is 4.79 Å². The van der Waals surface area contributed by atoms with Gasteiger partial charge in [-0.25, -0.2) is 9.97 Å². The van der Waals surface area contributed by atoms with Crippen LogP contribution in [0.3, 0.4) is 0 Å². The Balaban J connectivity index is 1.81. The molecule has 0 N–H and O–H groups in total. The number of aromatic nitrogens is 2. The Morgan fingerprint density at radius 1 is 1.21 bits per heavy atom. The molecule has 1 saturated heterocycles. The summed E-state index contributed by atoms with van der Waals surface area (Å²) >= 11 is 3.27. The van der Waals surface area contributed by atoms with E-state index in [2.05, 4.69) is 42.6 Å². The fourth-order valence-corrected chi connectivity index (χ4v) is 5.68. The Labute approximate surface area is 152 Å². The number of carbonyl (C=O) groups excluding carboxylic acids is 1. The minimum atomic E-state index is 0.230. The van der Waals surface area contributed by atoms with Crippen molar-refractivity contribution in [2.75, 3.05) is 5.75 Å². The first-order valence-electron chi connectivity index (χ1n) is 8.56. The van der Waals surface area contributed by atoms with Gasteiger partial charge in [-0.2, -0.15) is 0 Å². The van der Waals surface area contributed by atoms with Gasteiger partial charge < -0.3 is 4.90 Å². The quantitative estimate of drug-likeness (QED) is 0.595. The number of amides is 1. The molecule has 2 aromatic rings. The second-order valence-electron chi connectivity index (χ2n) is 6.76. The zero-order chi connectivity index (χ0) is 17.4. The highest BCUT2D eigenvalue weighted by atomic mass is 32.2. The minimum Gasteiger partial charge on any atom is -0.337 e. The maximum absolute atomic E-state index is 12.8. The van der Waals surface area contributed by atoms with Gasteiger partial charge in [0.15, 0.2) is 0 Å². The van der Waals surface area contributed by atoms with Gasteiger partial charge >= 0.3 is 0 Å². The van der Waals surface area contributed by atoms with E-state index in [1.165, 1.54) is 16.9 Å². The molecule has 0 radical (unpaired) electrons. The standard InChI is InChI=1S/C18H25N3OS2/c1-10-7-6-8-11(2)21(10)15(22)9-23-17-16-12(3)13(4)24-18(16)20-14(5)19-17/h10-11H,6-9H2,1-5H3. The number of fused-ring (bicyclic) bond motifs is 1. The van der Waals surface area contributed by atoms with Crippen molar-refractivity contribution in [3.05, 3.63) is 16.3 Å². The lowest BCUT2D eigenvalue weighted by atomic mass is 9.98. The zero-order valence-corrected chi connectivity index (χ0v) is 16.7. The first-order valence-corrected chi connectivity index (χ1v) is 10.4. The summed E-state index contributed by atoms with van der Waals surface area (Å²) in [6, 6.07) is 0.693. The van der Waals surface area contributed by atoms with Gasteiger partial charge in [0.1, 0.15) is 15.7 Å². The van der Waals surface area contributed by atoms with E-state index in [1.54, 1.807) is 23.1 Å². The van der Waals surface area contributed by atoms with E-state index in [0.29, 0.717) is 17.8 Å². The van der Waals surface area contributed by atoms with Crippen molar-refractivity contribution in [2.45, 2.75) is 71.0 Å². The molecular weight excluding hydrogens is 338 g/mol. The molecule has 3 rings (SSSR count). The Morgan fingerprint density at radius 3 is 2.54 bits per heavy atom. The number of rotatable bonds is 3. The van der Waals surface area contributed by atoms with Gasteiger partial charge in [-0.05, 0) is 59.4 Å². The molecule has 2 atom stereocenters. The molecule has 0 saturated carbocycles. The van der Waals surface area contributed by atoms with Crippen molar-refractivity contribution >= 4 is 39.2 Å². The number of aryl methyl sites for hydroxylation is 3. The topological polar surface area (TPSA) is 46.1 Å². The third-order valence-electron chi connectivity index (χ3n) is 4.92. The predicted molar refractivity (Wildman–Crippen MR) is 102 cm³/mol. The lowest BCUT2D eigenvalue weighted by Crippen LogP contribution is -2.48. The summed E-state index contributed by atoms with van der Waals surface area (Å²) in [5.41, 5.74) is 1.24. The van der Waals surface area contributed by atoms with E-state index in [4.69, 9.17) is 0 Å². The van der Waals surface area contributed by atoms with Crippen molar-refractivity contribution in [1.29, 1.82) is 0 Å². The zero-order valence-electron chi connectivity index (χ0n) is 15.0. The molecule has 1 aliphatic rings. The molecule has 130 valence electrons. The van der Waals surface area contributed by atoms with Gasteiger partial charge in [-0.15, -0.1) is 11.3 Å². The average Bonchev–Trinajstić information content (AvgIpc) is 2.79. The summed E-state index contributed by atoms with van der Waals surface area (Å²) < 4.78 is 0. The van der Waals surface area contributed by atoms with Crippen LogP contribution in [0.15, 0.2) is 5.03 Å². The van der Waals surface area contributed by atoms with Crippen LogP contribution in [-0.2, 0) is 4.79 Å². The lowest BCUT2D eigenvalue weighted by molar-refractivity contribution is -0.134. The van der Waals surface area contributed by atoms with Gasteiger partial charge in [0.25, 0.3) is 0 Å². The molecule has 1 aliphatic heterocycles. The lowest BCUT2D eigenvalue weighted by Gasteiger charge is -2.39. The van der Waals surface area contributed by atoms with E-state index < -0.39 is 0 Å². The van der Waals surface area contributed by atoms with Gasteiger partial charge in [-0.1, -0.05) is 11.8 Å². The van der Waals surface area contributed by atoms with Crippen LogP contribution in [0.5, 0.6) is 0 Å². The van der Waals surface area contributed by atoms with Crippen LogP contribution >= 0.6 is 23.1 Å². The highest BCUT2D eigenvalue weighted by Crippen LogP contribution is 2.35. The molecule has 0 aliphatic carbocycles. The van der Waals surface area contributed by atoms with E-state index in [0.717, 1.165) is 33.9 Å². The summed E-state index contributed by atoms with van der Waals surface area (Å²) in [6.45, 7) is 10.5. The van der Waals surface area contributed by atoms with E-state index in [-0.39, 0.29) is 5.91 Å². The van der Waals surface area contributed by atoms with Crippen LogP contribution in [0.1, 0.15) is 49.4 Å². The number of carbonyl (C=O) groups is 1. The first kappa shape index (κ1) is 17.7. The van der Waals surface area contributed by atoms with Crippen LogP contribution in [0.25, 0.3) is 10.2 Å². The Kier molecular flexibility index (Phi) is 5.16. The molecule has 2 aromatic heterocycles. The van der Waals surface area contributed by atoms with Crippen molar-refractivity contribution in [1.82, 2.24) is 14.9 Å². The predicted octanol–water partition coefficient (Wildman–Crippen LogP) is 4.50. The monoisotopic (exact) mass is 363 g/mol. The molecule has 0 bridgehead atoms. The number of thioether (sulfide) groups is 1. The van der Waals surface area contributed by atoms with Crippen LogP contribution < -0.4 is 0 Å². The maximum Gasteiger partial charge on any atom is 0.233 e. The number of thiophene rings is 1. The molecule has 0 aromatic carbocycles. The summed E-state index contributed by atoms with van der Waals surface area (Å²) in [7, 11) is 0. The first-order chi connectivity index (χ1) is 11.4. The molecule has 3 heterocycles. The Hall–Kier alpha value is -1.14. The fraction of sp³-hybridized carbons (Fsp3) is 0.611. The second kappa shape index (κ2) is 7.00. The summed E-state index contributed by atoms with van der Waals surface area (Å²) in [5, 5.41) is 2.07. The van der Waals surface area contributed by atoms with Gasteiger partial charge in [0.2, 0.25) is 5.91 Å². The third-order valence-corrected chi connectivity index (χ3v) is 6.98.